The van der Waals surface area contributed by atoms with Crippen LogP contribution in [0.5, 0.6) is 5.75 Å². The number of benzene rings is 2. The van der Waals surface area contributed by atoms with Gasteiger partial charge in [-0.25, -0.2) is 0 Å². The third-order valence-corrected chi connectivity index (χ3v) is 3.69. The molecule has 0 saturated carbocycles. The average Bonchev–Trinajstić information content (AvgIpc) is 2.47. The van der Waals surface area contributed by atoms with Crippen molar-refractivity contribution in [3.8, 4) is 5.75 Å². The molecule has 0 saturated heterocycles. The minimum absolute atomic E-state index is 0.658. The van der Waals surface area contributed by atoms with Gasteiger partial charge in [-0.3, -0.25) is 0 Å². The van der Waals surface area contributed by atoms with E-state index >= 15 is 0 Å². The molecule has 0 bridgehead atoms. The monoisotopic (exact) mass is 353 g/mol. The molecular weight excluding hydrogens is 338 g/mol. The number of nitrogens with one attached hydrogen (secondary N) is 1. The van der Waals surface area contributed by atoms with E-state index < -0.39 is 0 Å². The first kappa shape index (κ1) is 15.2. The zero-order chi connectivity index (χ0) is 14.4. The van der Waals surface area contributed by atoms with Gasteiger partial charge in [0.2, 0.25) is 0 Å². The Bertz CT molecular complexity index is 574. The van der Waals surface area contributed by atoms with E-state index in [9.17, 15) is 0 Å². The molecule has 1 N–H and O–H groups in total. The van der Waals surface area contributed by atoms with Crippen molar-refractivity contribution in [3.63, 3.8) is 0 Å². The quantitative estimate of drug-likeness (QED) is 0.739. The van der Waals surface area contributed by atoms with Crippen LogP contribution in [-0.4, -0.2) is 6.61 Å². The predicted molar refractivity (Wildman–Crippen MR) is 88.7 cm³/mol. The number of hydrogen-bond donors (Lipinski definition) is 1. The van der Waals surface area contributed by atoms with Crippen molar-refractivity contribution in [3.05, 3.63) is 57.5 Å². The second-order valence-electron chi connectivity index (χ2n) is 4.43. The van der Waals surface area contributed by atoms with Crippen LogP contribution in [0.4, 0.5) is 5.69 Å². The maximum Gasteiger partial charge on any atom is 0.142 e. The first-order chi connectivity index (χ1) is 9.70. The fourth-order valence-corrected chi connectivity index (χ4v) is 2.41. The predicted octanol–water partition coefficient (Wildman–Crippen LogP) is 5.50. The fraction of sp³-hybridized carbons (Fsp3) is 0.250. The molecule has 2 aromatic rings. The molecule has 20 heavy (non-hydrogen) atoms. The number of ether oxygens (including phenoxy) is 1. The number of rotatable bonds is 6. The lowest BCUT2D eigenvalue weighted by Crippen LogP contribution is -2.03. The van der Waals surface area contributed by atoms with Crippen LogP contribution >= 0.6 is 27.5 Å². The largest absolute Gasteiger partial charge is 0.491 e. The van der Waals surface area contributed by atoms with E-state index in [1.54, 1.807) is 0 Å². The Morgan fingerprint density at radius 1 is 1.20 bits per heavy atom. The molecule has 0 atom stereocenters. The molecule has 4 heteroatoms. The summed E-state index contributed by atoms with van der Waals surface area (Å²) in [4.78, 5) is 0. The highest BCUT2D eigenvalue weighted by atomic mass is 79.9. The number of para-hydroxylation sites is 2. The molecule has 0 amide bonds. The fourth-order valence-electron chi connectivity index (χ4n) is 1.82. The zero-order valence-electron chi connectivity index (χ0n) is 11.3. The molecule has 0 unspecified atom stereocenters. The molecule has 2 aromatic carbocycles. The summed E-state index contributed by atoms with van der Waals surface area (Å²) in [5.41, 5.74) is 2.03. The number of halogens is 2. The Hall–Kier alpha value is -1.19. The van der Waals surface area contributed by atoms with E-state index in [0.717, 1.165) is 39.5 Å². The van der Waals surface area contributed by atoms with E-state index in [1.165, 1.54) is 0 Å². The first-order valence-corrected chi connectivity index (χ1v) is 7.77. The molecule has 0 aliphatic carbocycles. The highest BCUT2D eigenvalue weighted by molar-refractivity contribution is 9.10. The van der Waals surface area contributed by atoms with Crippen LogP contribution in [-0.2, 0) is 6.54 Å². The van der Waals surface area contributed by atoms with Gasteiger partial charge in [0, 0.05) is 16.0 Å². The van der Waals surface area contributed by atoms with E-state index in [1.807, 2.05) is 42.5 Å². The highest BCUT2D eigenvalue weighted by Crippen LogP contribution is 2.26. The van der Waals surface area contributed by atoms with Gasteiger partial charge in [0.05, 0.1) is 12.3 Å². The summed E-state index contributed by atoms with van der Waals surface area (Å²) in [6, 6.07) is 13.8. The van der Waals surface area contributed by atoms with Crippen molar-refractivity contribution in [1.29, 1.82) is 0 Å². The highest BCUT2D eigenvalue weighted by Gasteiger charge is 2.05. The van der Waals surface area contributed by atoms with Gasteiger partial charge >= 0.3 is 0 Å². The third kappa shape index (κ3) is 4.15. The van der Waals surface area contributed by atoms with Crippen LogP contribution in [0.3, 0.4) is 0 Å². The van der Waals surface area contributed by atoms with Crippen molar-refractivity contribution in [2.75, 3.05) is 11.9 Å². The smallest absolute Gasteiger partial charge is 0.142 e. The Morgan fingerprint density at radius 2 is 2.00 bits per heavy atom. The molecule has 0 aliphatic heterocycles. The number of anilines is 1. The topological polar surface area (TPSA) is 21.3 Å². The van der Waals surface area contributed by atoms with Crippen LogP contribution in [0.25, 0.3) is 0 Å². The van der Waals surface area contributed by atoms with Crippen molar-refractivity contribution >= 4 is 33.2 Å². The van der Waals surface area contributed by atoms with E-state index in [0.29, 0.717) is 6.54 Å². The standard InChI is InChI=1S/C16H17BrClNO/c1-2-9-20-16-6-4-3-5-15(16)19-11-12-10-13(17)7-8-14(12)18/h3-8,10,19H,2,9,11H2,1H3. The van der Waals surface area contributed by atoms with Crippen molar-refractivity contribution < 1.29 is 4.74 Å². The molecular formula is C16H17BrClNO. The lowest BCUT2D eigenvalue weighted by atomic mass is 10.2. The lowest BCUT2D eigenvalue weighted by molar-refractivity contribution is 0.319. The molecule has 2 nitrogen and oxygen atoms in total. The van der Waals surface area contributed by atoms with Gasteiger partial charge in [-0.15, -0.1) is 0 Å². The molecule has 2 rings (SSSR count). The summed E-state index contributed by atoms with van der Waals surface area (Å²) in [5.74, 6) is 0.875. The lowest BCUT2D eigenvalue weighted by Gasteiger charge is -2.13. The van der Waals surface area contributed by atoms with Crippen LogP contribution in [0.2, 0.25) is 5.02 Å². The minimum atomic E-state index is 0.658. The van der Waals surface area contributed by atoms with Crippen LogP contribution in [0.1, 0.15) is 18.9 Å². The molecule has 0 aromatic heterocycles. The van der Waals surface area contributed by atoms with E-state index in [-0.39, 0.29) is 0 Å². The van der Waals surface area contributed by atoms with Gasteiger partial charge in [0.1, 0.15) is 5.75 Å². The second-order valence-corrected chi connectivity index (χ2v) is 5.76. The van der Waals surface area contributed by atoms with E-state index in [2.05, 4.69) is 28.2 Å². The van der Waals surface area contributed by atoms with Gasteiger partial charge in [-0.05, 0) is 42.3 Å². The summed E-state index contributed by atoms with van der Waals surface area (Å²) in [7, 11) is 0. The van der Waals surface area contributed by atoms with E-state index in [4.69, 9.17) is 16.3 Å². The van der Waals surface area contributed by atoms with Crippen molar-refractivity contribution in [2.24, 2.45) is 0 Å². The summed E-state index contributed by atoms with van der Waals surface area (Å²) in [6.07, 6.45) is 0.992. The average molecular weight is 355 g/mol. The Kier molecular flexibility index (Phi) is 5.74. The SMILES string of the molecule is CCCOc1ccccc1NCc1cc(Br)ccc1Cl. The Morgan fingerprint density at radius 3 is 2.80 bits per heavy atom. The van der Waals surface area contributed by atoms with Gasteiger partial charge in [-0.1, -0.05) is 46.6 Å². The first-order valence-electron chi connectivity index (χ1n) is 6.60. The maximum absolute atomic E-state index is 6.19. The normalized spacial score (nSPS) is 10.3. The molecule has 0 aliphatic rings. The summed E-state index contributed by atoms with van der Waals surface area (Å²) in [5, 5.41) is 4.13. The van der Waals surface area contributed by atoms with Crippen molar-refractivity contribution in [2.45, 2.75) is 19.9 Å². The summed E-state index contributed by atoms with van der Waals surface area (Å²) >= 11 is 9.65. The zero-order valence-corrected chi connectivity index (χ0v) is 13.7. The Labute approximate surface area is 133 Å². The van der Waals surface area contributed by atoms with Gasteiger partial charge in [0.25, 0.3) is 0 Å². The molecule has 106 valence electrons. The number of hydrogen-bond acceptors (Lipinski definition) is 2. The summed E-state index contributed by atoms with van der Waals surface area (Å²) < 4.78 is 6.75. The van der Waals surface area contributed by atoms with Gasteiger partial charge in [0.15, 0.2) is 0 Å². The molecule has 0 radical (unpaired) electrons. The minimum Gasteiger partial charge on any atom is -0.491 e. The van der Waals surface area contributed by atoms with Crippen LogP contribution in [0.15, 0.2) is 46.9 Å². The molecule has 0 spiro atoms. The summed E-state index contributed by atoms with van der Waals surface area (Å²) in [6.45, 7) is 3.47. The second kappa shape index (κ2) is 7.55. The Balaban J connectivity index is 2.08. The molecule has 0 heterocycles. The van der Waals surface area contributed by atoms with Crippen LogP contribution < -0.4 is 10.1 Å². The van der Waals surface area contributed by atoms with Crippen LogP contribution in [0, 0.1) is 0 Å². The molecule has 0 fully saturated rings. The maximum atomic E-state index is 6.19. The third-order valence-electron chi connectivity index (χ3n) is 2.83. The van der Waals surface area contributed by atoms with Gasteiger partial charge in [-0.2, -0.15) is 0 Å². The van der Waals surface area contributed by atoms with Crippen molar-refractivity contribution in [1.82, 2.24) is 0 Å². The van der Waals surface area contributed by atoms with Gasteiger partial charge < -0.3 is 10.1 Å².